The molecule has 2 rings (SSSR count). The molecule has 8 heteroatoms. The minimum Gasteiger partial charge on any atom is -0.489 e. The average Bonchev–Trinajstić information content (AvgIpc) is 2.65. The first-order valence-electron chi connectivity index (χ1n) is 8.10. The number of ether oxygens (including phenoxy) is 2. The van der Waals surface area contributed by atoms with Gasteiger partial charge >= 0.3 is 0 Å². The summed E-state index contributed by atoms with van der Waals surface area (Å²) in [7, 11) is 0. The molecule has 0 spiro atoms. The van der Waals surface area contributed by atoms with Crippen molar-refractivity contribution in [3.05, 3.63) is 80.8 Å². The lowest BCUT2D eigenvalue weighted by atomic mass is 10.1. The van der Waals surface area contributed by atoms with Crippen molar-refractivity contribution in [2.45, 2.75) is 6.61 Å². The van der Waals surface area contributed by atoms with Crippen molar-refractivity contribution in [3.63, 3.8) is 0 Å². The van der Waals surface area contributed by atoms with Gasteiger partial charge in [-0.15, -0.1) is 0 Å². The van der Waals surface area contributed by atoms with E-state index in [-0.39, 0.29) is 11.1 Å². The molecule has 148 valence electrons. The number of nitrogens with zero attached hydrogens (tertiary/aromatic N) is 1. The number of oxime groups is 1. The maximum absolute atomic E-state index is 6.26. The number of halogens is 4. The Morgan fingerprint density at radius 2 is 1.68 bits per heavy atom. The maximum Gasteiger partial charge on any atom is 0.157 e. The summed E-state index contributed by atoms with van der Waals surface area (Å²) in [6.45, 7) is 4.41. The highest BCUT2D eigenvalue weighted by atomic mass is 35.5. The normalized spacial score (nSPS) is 10.6. The van der Waals surface area contributed by atoms with Gasteiger partial charge in [0, 0.05) is 12.1 Å². The van der Waals surface area contributed by atoms with E-state index >= 15 is 0 Å². The van der Waals surface area contributed by atoms with E-state index in [4.69, 9.17) is 60.7 Å². The third-order valence-electron chi connectivity index (χ3n) is 3.29. The minimum absolute atomic E-state index is 0.124. The second-order valence-electron chi connectivity index (χ2n) is 5.37. The Balaban J connectivity index is 1.95. The molecule has 0 aliphatic rings. The van der Waals surface area contributed by atoms with Crippen molar-refractivity contribution in [3.8, 4) is 11.5 Å². The lowest BCUT2D eigenvalue weighted by Gasteiger charge is -2.12. The molecule has 0 saturated heterocycles. The smallest absolute Gasteiger partial charge is 0.157 e. The van der Waals surface area contributed by atoms with Crippen molar-refractivity contribution in [1.82, 2.24) is 0 Å². The van der Waals surface area contributed by atoms with Crippen LogP contribution in [0.15, 0.2) is 64.8 Å². The summed E-state index contributed by atoms with van der Waals surface area (Å²) in [5.41, 5.74) is 1.84. The van der Waals surface area contributed by atoms with Crippen LogP contribution < -0.4 is 9.47 Å². The monoisotopic (exact) mass is 459 g/mol. The maximum atomic E-state index is 6.26. The van der Waals surface area contributed by atoms with Gasteiger partial charge < -0.3 is 14.3 Å². The van der Waals surface area contributed by atoms with Gasteiger partial charge in [-0.1, -0.05) is 88.5 Å². The molecule has 0 fully saturated rings. The van der Waals surface area contributed by atoms with Crippen molar-refractivity contribution < 1.29 is 14.3 Å². The van der Waals surface area contributed by atoms with Crippen LogP contribution in [0, 0.1) is 0 Å². The highest BCUT2D eigenvalue weighted by molar-refractivity contribution is 6.55. The molecule has 0 unspecified atom stereocenters. The molecule has 2 aromatic carbocycles. The molecule has 2 aromatic rings. The van der Waals surface area contributed by atoms with Crippen molar-refractivity contribution in [2.75, 3.05) is 13.2 Å². The van der Waals surface area contributed by atoms with Gasteiger partial charge in [-0.2, -0.15) is 0 Å². The van der Waals surface area contributed by atoms with Gasteiger partial charge in [0.1, 0.15) is 30.1 Å². The van der Waals surface area contributed by atoms with Gasteiger partial charge in [0.05, 0.1) is 16.3 Å². The Labute approximate surface area is 183 Å². The molecule has 0 radical (unpaired) electrons. The first-order chi connectivity index (χ1) is 13.5. The third kappa shape index (κ3) is 7.64. The zero-order valence-electron chi connectivity index (χ0n) is 14.7. The summed E-state index contributed by atoms with van der Waals surface area (Å²) in [5, 5.41) is 4.50. The molecule has 0 N–H and O–H groups in total. The lowest BCUT2D eigenvalue weighted by Crippen LogP contribution is -1.99. The summed E-state index contributed by atoms with van der Waals surface area (Å²) >= 11 is 23.6. The molecule has 28 heavy (non-hydrogen) atoms. The van der Waals surface area contributed by atoms with Gasteiger partial charge in [-0.05, 0) is 17.2 Å². The fraction of sp³-hybridized carbons (Fsp3) is 0.150. The van der Waals surface area contributed by atoms with Crippen molar-refractivity contribution in [1.29, 1.82) is 0 Å². The Bertz CT molecular complexity index is 824. The highest BCUT2D eigenvalue weighted by Gasteiger charge is 2.11. The second-order valence-corrected chi connectivity index (χ2v) is 7.19. The van der Waals surface area contributed by atoms with Gasteiger partial charge in [0.25, 0.3) is 0 Å². The Morgan fingerprint density at radius 1 is 1.00 bits per heavy atom. The van der Waals surface area contributed by atoms with E-state index in [2.05, 4.69) is 11.7 Å². The highest BCUT2D eigenvalue weighted by Crippen LogP contribution is 2.37. The molecule has 0 bridgehead atoms. The van der Waals surface area contributed by atoms with E-state index in [1.807, 2.05) is 24.3 Å². The van der Waals surface area contributed by atoms with E-state index in [0.717, 1.165) is 11.1 Å². The van der Waals surface area contributed by atoms with Crippen LogP contribution in [0.5, 0.6) is 11.5 Å². The molecule has 0 heterocycles. The molecule has 0 aromatic heterocycles. The minimum atomic E-state index is 0.124. The summed E-state index contributed by atoms with van der Waals surface area (Å²) in [6.07, 6.45) is 4.75. The first kappa shape index (κ1) is 22.4. The summed E-state index contributed by atoms with van der Waals surface area (Å²) in [5.74, 6) is 0.862. The Kier molecular flexibility index (Phi) is 9.51. The molecule has 0 saturated carbocycles. The van der Waals surface area contributed by atoms with E-state index in [0.29, 0.717) is 34.8 Å². The molecule has 0 aliphatic carbocycles. The van der Waals surface area contributed by atoms with Crippen LogP contribution in [0.4, 0.5) is 0 Å². The predicted octanol–water partition coefficient (Wildman–Crippen LogP) is 6.81. The third-order valence-corrected chi connectivity index (χ3v) is 4.16. The molecule has 0 atom stereocenters. The van der Waals surface area contributed by atoms with Crippen LogP contribution >= 0.6 is 46.4 Å². The fourth-order valence-electron chi connectivity index (χ4n) is 2.01. The van der Waals surface area contributed by atoms with Crippen LogP contribution in [0.1, 0.15) is 11.1 Å². The second kappa shape index (κ2) is 11.9. The van der Waals surface area contributed by atoms with E-state index in [1.165, 1.54) is 6.08 Å². The standard InChI is InChI=1S/C20H17Cl4NO3/c1-2-8-28-25-12-14-3-5-15(6-4-14)13-27-20-17(21)10-16(11-18(20)22)26-9-7-19(23)24/h2-7,10-12H,1,8-9,13H2/b25-12+. The number of rotatable bonds is 10. The van der Waals surface area contributed by atoms with Crippen molar-refractivity contribution >= 4 is 52.6 Å². The first-order valence-corrected chi connectivity index (χ1v) is 9.61. The van der Waals surface area contributed by atoms with Crippen LogP contribution in [-0.2, 0) is 11.4 Å². The summed E-state index contributed by atoms with van der Waals surface area (Å²) in [6, 6.07) is 10.8. The van der Waals surface area contributed by atoms with Crippen LogP contribution in [0.25, 0.3) is 0 Å². The van der Waals surface area contributed by atoms with Gasteiger partial charge in [0.15, 0.2) is 5.75 Å². The van der Waals surface area contributed by atoms with Gasteiger partial charge in [0.2, 0.25) is 0 Å². The van der Waals surface area contributed by atoms with E-state index in [9.17, 15) is 0 Å². The van der Waals surface area contributed by atoms with Gasteiger partial charge in [-0.25, -0.2) is 0 Å². The van der Waals surface area contributed by atoms with Gasteiger partial charge in [-0.3, -0.25) is 0 Å². The molecule has 0 amide bonds. The summed E-state index contributed by atoms with van der Waals surface area (Å²) in [4.78, 5) is 4.97. The molecule has 4 nitrogen and oxygen atoms in total. The fourth-order valence-corrected chi connectivity index (χ4v) is 2.71. The molecule has 0 aliphatic heterocycles. The number of hydrogen-bond donors (Lipinski definition) is 0. The van der Waals surface area contributed by atoms with Crippen molar-refractivity contribution in [2.24, 2.45) is 5.16 Å². The van der Waals surface area contributed by atoms with Crippen LogP contribution in [0.3, 0.4) is 0 Å². The average molecular weight is 461 g/mol. The Hall–Kier alpha value is -1.85. The SMILES string of the molecule is C=CCO/N=C/c1ccc(COc2c(Cl)cc(OCC=C(Cl)Cl)cc2Cl)cc1. The van der Waals surface area contributed by atoms with Crippen LogP contribution in [0.2, 0.25) is 10.0 Å². The van der Waals surface area contributed by atoms with E-state index in [1.54, 1.807) is 24.4 Å². The summed E-state index contributed by atoms with van der Waals surface area (Å²) < 4.78 is 11.3. The quantitative estimate of drug-likeness (QED) is 0.169. The number of benzene rings is 2. The van der Waals surface area contributed by atoms with E-state index < -0.39 is 0 Å². The molecular formula is C20H17Cl4NO3. The molecular weight excluding hydrogens is 444 g/mol. The zero-order valence-corrected chi connectivity index (χ0v) is 17.7. The number of hydrogen-bond acceptors (Lipinski definition) is 4. The largest absolute Gasteiger partial charge is 0.489 e. The Morgan fingerprint density at radius 3 is 2.29 bits per heavy atom. The van der Waals surface area contributed by atoms with Crippen LogP contribution in [-0.4, -0.2) is 19.4 Å². The topological polar surface area (TPSA) is 40.0 Å². The predicted molar refractivity (Wildman–Crippen MR) is 116 cm³/mol. The lowest BCUT2D eigenvalue weighted by molar-refractivity contribution is 0.176. The zero-order chi connectivity index (χ0) is 20.4.